The largest absolute Gasteiger partial charge is 0.409 e. The van der Waals surface area contributed by atoms with Crippen molar-refractivity contribution in [2.45, 2.75) is 12.5 Å². The van der Waals surface area contributed by atoms with Crippen LogP contribution in [-0.2, 0) is 6.54 Å². The van der Waals surface area contributed by atoms with Crippen molar-refractivity contribution < 1.29 is 19.1 Å². The first-order chi connectivity index (χ1) is 8.48. The molecule has 0 aliphatic heterocycles. The minimum Gasteiger partial charge on any atom is -0.409 e. The molecule has 0 amide bonds. The first-order valence-corrected chi connectivity index (χ1v) is 5.25. The zero-order valence-corrected chi connectivity index (χ0v) is 9.61. The van der Waals surface area contributed by atoms with Crippen molar-refractivity contribution in [1.29, 1.82) is 0 Å². The van der Waals surface area contributed by atoms with Crippen LogP contribution in [0, 0.1) is 0 Å². The Hall–Kier alpha value is -1.73. The quantitative estimate of drug-likeness (QED) is 0.259. The van der Waals surface area contributed by atoms with Gasteiger partial charge in [0.2, 0.25) is 0 Å². The van der Waals surface area contributed by atoms with Crippen LogP contribution in [0.5, 0.6) is 0 Å². The summed E-state index contributed by atoms with van der Waals surface area (Å²) in [5, 5.41) is 22.3. The molecule has 0 heterocycles. The maximum absolute atomic E-state index is 12.7. The third-order valence-electron chi connectivity index (χ3n) is 2.27. The van der Waals surface area contributed by atoms with Crippen LogP contribution in [0.4, 0.5) is 8.78 Å². The normalized spacial score (nSPS) is 12.7. The topological polar surface area (TPSA) is 90.9 Å². The molecule has 5 nitrogen and oxygen atoms in total. The lowest BCUT2D eigenvalue weighted by molar-refractivity contribution is -0.0477. The number of alkyl halides is 2. The minimum absolute atomic E-state index is 0.0439. The van der Waals surface area contributed by atoms with Gasteiger partial charge in [-0.1, -0.05) is 23.4 Å². The molecule has 18 heavy (non-hydrogen) atoms. The highest BCUT2D eigenvalue weighted by Gasteiger charge is 2.26. The fourth-order valence-corrected chi connectivity index (χ4v) is 1.34. The Kier molecular flexibility index (Phi) is 4.99. The fraction of sp³-hybridized carbons (Fsp3) is 0.364. The average molecular weight is 259 g/mol. The number of hydrogen-bond acceptors (Lipinski definition) is 4. The number of oxime groups is 1. The maximum Gasteiger partial charge on any atom is 0.282 e. The van der Waals surface area contributed by atoms with Crippen LogP contribution in [0.2, 0.25) is 0 Å². The summed E-state index contributed by atoms with van der Waals surface area (Å²) in [5.41, 5.74) is 6.63. The van der Waals surface area contributed by atoms with E-state index in [1.807, 2.05) is 0 Å². The highest BCUT2D eigenvalue weighted by atomic mass is 19.3. The molecular formula is C11H15F2N3O2. The van der Waals surface area contributed by atoms with Gasteiger partial charge >= 0.3 is 0 Å². The Morgan fingerprint density at radius 2 is 2.17 bits per heavy atom. The maximum atomic E-state index is 12.7. The smallest absolute Gasteiger partial charge is 0.282 e. The number of hydrogen-bond donors (Lipinski definition) is 4. The van der Waals surface area contributed by atoms with Crippen LogP contribution in [0.1, 0.15) is 11.1 Å². The molecule has 7 heteroatoms. The Morgan fingerprint density at radius 3 is 2.78 bits per heavy atom. The zero-order chi connectivity index (χ0) is 13.6. The molecule has 0 saturated carbocycles. The van der Waals surface area contributed by atoms with Crippen LogP contribution in [-0.4, -0.2) is 35.2 Å². The number of nitrogens with one attached hydrogen (secondary N) is 1. The highest BCUT2D eigenvalue weighted by Crippen LogP contribution is 2.11. The van der Waals surface area contributed by atoms with E-state index in [2.05, 4.69) is 10.5 Å². The first kappa shape index (κ1) is 14.3. The van der Waals surface area contributed by atoms with Gasteiger partial charge in [-0.2, -0.15) is 0 Å². The fourth-order valence-electron chi connectivity index (χ4n) is 1.34. The van der Waals surface area contributed by atoms with Crippen molar-refractivity contribution in [3.63, 3.8) is 0 Å². The summed E-state index contributed by atoms with van der Waals surface area (Å²) >= 11 is 0. The van der Waals surface area contributed by atoms with Crippen LogP contribution < -0.4 is 11.1 Å². The number of benzene rings is 1. The third kappa shape index (κ3) is 4.27. The van der Waals surface area contributed by atoms with Crippen molar-refractivity contribution in [1.82, 2.24) is 5.32 Å². The lowest BCUT2D eigenvalue weighted by atomic mass is 10.1. The Balaban J connectivity index is 2.58. The molecule has 0 unspecified atom stereocenters. The van der Waals surface area contributed by atoms with E-state index in [1.165, 1.54) is 0 Å². The molecule has 0 aliphatic rings. The summed E-state index contributed by atoms with van der Waals surface area (Å²) in [6.45, 7) is -1.61. The number of nitrogens with zero attached hydrogens (tertiary/aromatic N) is 1. The number of halogens is 2. The van der Waals surface area contributed by atoms with Crippen molar-refractivity contribution in [3.05, 3.63) is 35.4 Å². The molecule has 0 fully saturated rings. The highest BCUT2D eigenvalue weighted by molar-refractivity contribution is 5.97. The van der Waals surface area contributed by atoms with Crippen molar-refractivity contribution in [2.75, 3.05) is 13.2 Å². The van der Waals surface area contributed by atoms with Gasteiger partial charge in [0, 0.05) is 12.1 Å². The van der Waals surface area contributed by atoms with E-state index in [-0.39, 0.29) is 12.4 Å². The van der Waals surface area contributed by atoms with Gasteiger partial charge in [-0.3, -0.25) is 0 Å². The van der Waals surface area contributed by atoms with Gasteiger partial charge in [-0.25, -0.2) is 8.78 Å². The van der Waals surface area contributed by atoms with E-state index in [0.29, 0.717) is 11.1 Å². The van der Waals surface area contributed by atoms with E-state index in [1.54, 1.807) is 24.3 Å². The van der Waals surface area contributed by atoms with Crippen LogP contribution in [0.25, 0.3) is 0 Å². The standard InChI is InChI=1S/C11H15F2N3O2/c12-11(13,7-17)6-15-5-8-2-1-3-9(4-8)10(14)16-18/h1-4,15,17-18H,5-7H2,(H2,14,16). The number of amidine groups is 1. The number of rotatable bonds is 6. The van der Waals surface area contributed by atoms with Gasteiger partial charge in [-0.05, 0) is 11.6 Å². The molecule has 0 spiro atoms. The van der Waals surface area contributed by atoms with E-state index in [9.17, 15) is 8.78 Å². The number of nitrogens with two attached hydrogens (primary N) is 1. The van der Waals surface area contributed by atoms with Crippen LogP contribution in [0.15, 0.2) is 29.4 Å². The van der Waals surface area contributed by atoms with E-state index in [4.69, 9.17) is 16.0 Å². The third-order valence-corrected chi connectivity index (χ3v) is 2.27. The Labute approximate surface area is 103 Å². The number of aliphatic hydroxyl groups is 1. The summed E-state index contributed by atoms with van der Waals surface area (Å²) in [7, 11) is 0. The molecule has 0 saturated heterocycles. The monoisotopic (exact) mass is 259 g/mol. The first-order valence-electron chi connectivity index (χ1n) is 5.25. The summed E-state index contributed by atoms with van der Waals surface area (Å²) in [6.07, 6.45) is 0. The number of aliphatic hydroxyl groups excluding tert-OH is 1. The molecule has 0 atom stereocenters. The Morgan fingerprint density at radius 1 is 1.44 bits per heavy atom. The molecule has 100 valence electrons. The van der Waals surface area contributed by atoms with E-state index in [0.717, 1.165) is 0 Å². The Bertz CT molecular complexity index is 425. The molecule has 0 radical (unpaired) electrons. The SMILES string of the molecule is N/C(=N/O)c1cccc(CNCC(F)(F)CO)c1. The average Bonchev–Trinajstić information content (AvgIpc) is 2.38. The molecule has 5 N–H and O–H groups in total. The minimum atomic E-state index is -3.14. The molecule has 0 bridgehead atoms. The molecule has 1 rings (SSSR count). The molecule has 1 aromatic rings. The summed E-state index contributed by atoms with van der Waals surface area (Å²) in [5.74, 6) is -3.18. The van der Waals surface area contributed by atoms with Gasteiger partial charge < -0.3 is 21.4 Å². The van der Waals surface area contributed by atoms with Crippen molar-refractivity contribution >= 4 is 5.84 Å². The van der Waals surface area contributed by atoms with Gasteiger partial charge in [0.1, 0.15) is 6.61 Å². The predicted molar refractivity (Wildman–Crippen MR) is 62.7 cm³/mol. The predicted octanol–water partition coefficient (Wildman–Crippen LogP) is 0.498. The van der Waals surface area contributed by atoms with E-state index >= 15 is 0 Å². The molecule has 1 aromatic carbocycles. The lowest BCUT2D eigenvalue weighted by Crippen LogP contribution is -2.35. The summed E-state index contributed by atoms with van der Waals surface area (Å²) < 4.78 is 25.5. The second kappa shape index (κ2) is 6.27. The van der Waals surface area contributed by atoms with Gasteiger partial charge in [0.05, 0.1) is 6.54 Å². The van der Waals surface area contributed by atoms with Crippen LogP contribution >= 0.6 is 0 Å². The second-order valence-corrected chi connectivity index (χ2v) is 3.80. The molecular weight excluding hydrogens is 244 g/mol. The second-order valence-electron chi connectivity index (χ2n) is 3.80. The van der Waals surface area contributed by atoms with Crippen molar-refractivity contribution in [3.8, 4) is 0 Å². The van der Waals surface area contributed by atoms with Crippen molar-refractivity contribution in [2.24, 2.45) is 10.9 Å². The lowest BCUT2D eigenvalue weighted by Gasteiger charge is -2.14. The van der Waals surface area contributed by atoms with Gasteiger partial charge in [-0.15, -0.1) is 0 Å². The van der Waals surface area contributed by atoms with Crippen LogP contribution in [0.3, 0.4) is 0 Å². The summed E-state index contributed by atoms with van der Waals surface area (Å²) in [4.78, 5) is 0. The molecule has 0 aliphatic carbocycles. The van der Waals surface area contributed by atoms with E-state index < -0.39 is 19.1 Å². The zero-order valence-electron chi connectivity index (χ0n) is 9.61. The summed E-state index contributed by atoms with van der Waals surface area (Å²) in [6, 6.07) is 6.66. The van der Waals surface area contributed by atoms with Gasteiger partial charge in [0.25, 0.3) is 5.92 Å². The van der Waals surface area contributed by atoms with Gasteiger partial charge in [0.15, 0.2) is 5.84 Å². The molecule has 0 aromatic heterocycles.